The minimum atomic E-state index is 0.728. The molecule has 1 aliphatic rings. The Morgan fingerprint density at radius 1 is 1.18 bits per heavy atom. The number of benzene rings is 1. The van der Waals surface area contributed by atoms with E-state index in [-0.39, 0.29) is 0 Å². The summed E-state index contributed by atoms with van der Waals surface area (Å²) in [5, 5.41) is 3.38. The molecule has 2 nitrogen and oxygen atoms in total. The van der Waals surface area contributed by atoms with E-state index in [1.54, 1.807) is 0 Å². The third-order valence-corrected chi connectivity index (χ3v) is 3.97. The SMILES string of the molecule is CNC1CCN(Cc2ccc(C)c(C)c2)CC1. The molecule has 94 valence electrons. The summed E-state index contributed by atoms with van der Waals surface area (Å²) in [5.41, 5.74) is 4.26. The van der Waals surface area contributed by atoms with Crippen LogP contribution in [0.15, 0.2) is 18.2 Å². The van der Waals surface area contributed by atoms with Gasteiger partial charge in [0.15, 0.2) is 0 Å². The molecule has 2 heteroatoms. The molecule has 0 bridgehead atoms. The molecule has 0 atom stereocenters. The lowest BCUT2D eigenvalue weighted by Crippen LogP contribution is -2.40. The highest BCUT2D eigenvalue weighted by Crippen LogP contribution is 2.16. The maximum absolute atomic E-state index is 3.38. The molecule has 0 spiro atoms. The van der Waals surface area contributed by atoms with E-state index in [2.05, 4.69) is 49.3 Å². The van der Waals surface area contributed by atoms with Crippen molar-refractivity contribution in [3.63, 3.8) is 0 Å². The Hall–Kier alpha value is -0.860. The maximum atomic E-state index is 3.38. The molecule has 2 rings (SSSR count). The van der Waals surface area contributed by atoms with E-state index in [9.17, 15) is 0 Å². The Morgan fingerprint density at radius 2 is 1.88 bits per heavy atom. The molecule has 1 heterocycles. The van der Waals surface area contributed by atoms with Crippen LogP contribution in [-0.2, 0) is 6.54 Å². The van der Waals surface area contributed by atoms with Crippen molar-refractivity contribution in [1.29, 1.82) is 0 Å². The van der Waals surface area contributed by atoms with Crippen molar-refractivity contribution in [2.75, 3.05) is 20.1 Å². The first-order chi connectivity index (χ1) is 8.19. The summed E-state index contributed by atoms with van der Waals surface area (Å²) in [6, 6.07) is 7.57. The van der Waals surface area contributed by atoms with E-state index in [0.29, 0.717) is 0 Å². The van der Waals surface area contributed by atoms with Crippen LogP contribution in [0.25, 0.3) is 0 Å². The second-order valence-corrected chi connectivity index (χ2v) is 5.26. The number of hydrogen-bond donors (Lipinski definition) is 1. The van der Waals surface area contributed by atoms with Crippen LogP contribution < -0.4 is 5.32 Å². The zero-order valence-electron chi connectivity index (χ0n) is 11.3. The van der Waals surface area contributed by atoms with Gasteiger partial charge in [-0.3, -0.25) is 4.90 Å². The highest BCUT2D eigenvalue weighted by Gasteiger charge is 2.17. The fourth-order valence-electron chi connectivity index (χ4n) is 2.54. The largest absolute Gasteiger partial charge is 0.317 e. The summed E-state index contributed by atoms with van der Waals surface area (Å²) >= 11 is 0. The first-order valence-electron chi connectivity index (χ1n) is 6.65. The third kappa shape index (κ3) is 3.30. The molecule has 0 saturated carbocycles. The Balaban J connectivity index is 1.91. The van der Waals surface area contributed by atoms with Crippen LogP contribution in [0.2, 0.25) is 0 Å². The van der Waals surface area contributed by atoms with Crippen LogP contribution in [0.3, 0.4) is 0 Å². The molecule has 1 aliphatic heterocycles. The highest BCUT2D eigenvalue weighted by molar-refractivity contribution is 5.29. The summed E-state index contributed by atoms with van der Waals surface area (Å²) in [7, 11) is 2.07. The topological polar surface area (TPSA) is 15.3 Å². The molecule has 1 saturated heterocycles. The molecule has 1 aromatic carbocycles. The normalized spacial score (nSPS) is 18.5. The van der Waals surface area contributed by atoms with Gasteiger partial charge in [0.1, 0.15) is 0 Å². The summed E-state index contributed by atoms with van der Waals surface area (Å²) in [4.78, 5) is 2.57. The molecular formula is C15H24N2. The molecule has 0 aromatic heterocycles. The van der Waals surface area contributed by atoms with Gasteiger partial charge in [0.25, 0.3) is 0 Å². The number of piperidine rings is 1. The van der Waals surface area contributed by atoms with Gasteiger partial charge >= 0.3 is 0 Å². The molecule has 1 N–H and O–H groups in total. The van der Waals surface area contributed by atoms with Crippen LogP contribution in [0.1, 0.15) is 29.5 Å². The van der Waals surface area contributed by atoms with E-state index in [4.69, 9.17) is 0 Å². The number of nitrogens with zero attached hydrogens (tertiary/aromatic N) is 1. The second kappa shape index (κ2) is 5.65. The summed E-state index contributed by atoms with van der Waals surface area (Å²) in [6.45, 7) is 7.93. The first-order valence-corrected chi connectivity index (χ1v) is 6.65. The van der Waals surface area contributed by atoms with Crippen molar-refractivity contribution in [3.05, 3.63) is 34.9 Å². The highest BCUT2D eigenvalue weighted by atomic mass is 15.1. The van der Waals surface area contributed by atoms with Crippen LogP contribution >= 0.6 is 0 Å². The number of nitrogens with one attached hydrogen (secondary N) is 1. The monoisotopic (exact) mass is 232 g/mol. The van der Waals surface area contributed by atoms with Crippen molar-refractivity contribution >= 4 is 0 Å². The van der Waals surface area contributed by atoms with Crippen molar-refractivity contribution in [3.8, 4) is 0 Å². The maximum Gasteiger partial charge on any atom is 0.0233 e. The summed E-state index contributed by atoms with van der Waals surface area (Å²) in [6.07, 6.45) is 2.56. The van der Waals surface area contributed by atoms with Gasteiger partial charge in [-0.1, -0.05) is 18.2 Å². The average Bonchev–Trinajstić information content (AvgIpc) is 2.35. The standard InChI is InChI=1S/C15H24N2/c1-12-4-5-14(10-13(12)2)11-17-8-6-15(16-3)7-9-17/h4-5,10,15-16H,6-9,11H2,1-3H3. The van der Waals surface area contributed by atoms with Crippen molar-refractivity contribution in [1.82, 2.24) is 10.2 Å². The van der Waals surface area contributed by atoms with Crippen LogP contribution in [0, 0.1) is 13.8 Å². The van der Waals surface area contributed by atoms with E-state index >= 15 is 0 Å². The Bertz CT molecular complexity index is 365. The van der Waals surface area contributed by atoms with E-state index in [0.717, 1.165) is 12.6 Å². The lowest BCUT2D eigenvalue weighted by Gasteiger charge is -2.31. The predicted molar refractivity (Wildman–Crippen MR) is 73.3 cm³/mol. The molecule has 0 aliphatic carbocycles. The Labute approximate surface area is 105 Å². The van der Waals surface area contributed by atoms with Crippen molar-refractivity contribution in [2.24, 2.45) is 0 Å². The Morgan fingerprint density at radius 3 is 2.47 bits per heavy atom. The van der Waals surface area contributed by atoms with Gasteiger partial charge in [-0.05, 0) is 63.5 Å². The quantitative estimate of drug-likeness (QED) is 0.861. The van der Waals surface area contributed by atoms with Gasteiger partial charge in [-0.25, -0.2) is 0 Å². The summed E-state index contributed by atoms with van der Waals surface area (Å²) in [5.74, 6) is 0. The number of aryl methyl sites for hydroxylation is 2. The van der Waals surface area contributed by atoms with Gasteiger partial charge in [-0.15, -0.1) is 0 Å². The van der Waals surface area contributed by atoms with E-state index in [1.165, 1.54) is 42.6 Å². The van der Waals surface area contributed by atoms with Crippen LogP contribution in [-0.4, -0.2) is 31.1 Å². The van der Waals surface area contributed by atoms with Gasteiger partial charge in [0, 0.05) is 12.6 Å². The van der Waals surface area contributed by atoms with Gasteiger partial charge < -0.3 is 5.32 Å². The molecule has 0 radical (unpaired) electrons. The molecular weight excluding hydrogens is 208 g/mol. The zero-order chi connectivity index (χ0) is 12.3. The number of rotatable bonds is 3. The molecule has 1 fully saturated rings. The second-order valence-electron chi connectivity index (χ2n) is 5.26. The van der Waals surface area contributed by atoms with E-state index < -0.39 is 0 Å². The van der Waals surface area contributed by atoms with Gasteiger partial charge in [0.2, 0.25) is 0 Å². The third-order valence-electron chi connectivity index (χ3n) is 3.97. The molecule has 17 heavy (non-hydrogen) atoms. The fraction of sp³-hybridized carbons (Fsp3) is 0.600. The number of likely N-dealkylation sites (tertiary alicyclic amines) is 1. The van der Waals surface area contributed by atoms with Crippen molar-refractivity contribution in [2.45, 2.75) is 39.3 Å². The van der Waals surface area contributed by atoms with E-state index in [1.807, 2.05) is 0 Å². The predicted octanol–water partition coefficient (Wildman–Crippen LogP) is 2.49. The van der Waals surface area contributed by atoms with Crippen molar-refractivity contribution < 1.29 is 0 Å². The zero-order valence-corrected chi connectivity index (χ0v) is 11.3. The number of hydrogen-bond acceptors (Lipinski definition) is 2. The smallest absolute Gasteiger partial charge is 0.0233 e. The van der Waals surface area contributed by atoms with Gasteiger partial charge in [-0.2, -0.15) is 0 Å². The molecule has 0 unspecified atom stereocenters. The Kier molecular flexibility index (Phi) is 4.19. The molecule has 0 amide bonds. The minimum Gasteiger partial charge on any atom is -0.317 e. The fourth-order valence-corrected chi connectivity index (χ4v) is 2.54. The summed E-state index contributed by atoms with van der Waals surface area (Å²) < 4.78 is 0. The minimum absolute atomic E-state index is 0.728. The van der Waals surface area contributed by atoms with Crippen LogP contribution in [0.4, 0.5) is 0 Å². The first kappa shape index (κ1) is 12.6. The lowest BCUT2D eigenvalue weighted by molar-refractivity contribution is 0.194. The molecule has 1 aromatic rings. The van der Waals surface area contributed by atoms with Crippen LogP contribution in [0.5, 0.6) is 0 Å². The van der Waals surface area contributed by atoms with Gasteiger partial charge in [0.05, 0.1) is 0 Å². The average molecular weight is 232 g/mol. The lowest BCUT2D eigenvalue weighted by atomic mass is 10.0.